The van der Waals surface area contributed by atoms with Gasteiger partial charge in [0.25, 0.3) is 0 Å². The maximum absolute atomic E-state index is 6.38. The van der Waals surface area contributed by atoms with Crippen molar-refractivity contribution in [2.24, 2.45) is 5.73 Å². The zero-order chi connectivity index (χ0) is 13.5. The van der Waals surface area contributed by atoms with Gasteiger partial charge in [-0.15, -0.1) is 0 Å². The van der Waals surface area contributed by atoms with Gasteiger partial charge in [-0.2, -0.15) is 0 Å². The third-order valence-corrected chi connectivity index (χ3v) is 4.44. The van der Waals surface area contributed by atoms with Gasteiger partial charge in [0.2, 0.25) is 0 Å². The van der Waals surface area contributed by atoms with E-state index in [0.717, 1.165) is 13.0 Å². The topological polar surface area (TPSA) is 29.3 Å². The van der Waals surface area contributed by atoms with Gasteiger partial charge < -0.3 is 10.6 Å². The van der Waals surface area contributed by atoms with E-state index in [1.54, 1.807) is 0 Å². The highest BCUT2D eigenvalue weighted by atomic mass is 15.1. The van der Waals surface area contributed by atoms with Crippen molar-refractivity contribution in [2.45, 2.75) is 57.0 Å². The number of benzene rings is 1. The van der Waals surface area contributed by atoms with Crippen LogP contribution in [0.4, 0.5) is 0 Å². The van der Waals surface area contributed by atoms with Crippen LogP contribution in [0.25, 0.3) is 0 Å². The molecular weight excluding hydrogens is 232 g/mol. The van der Waals surface area contributed by atoms with Gasteiger partial charge in [-0.1, -0.05) is 56.0 Å². The maximum Gasteiger partial charge on any atom is 0.0244 e. The Morgan fingerprint density at radius 3 is 2.47 bits per heavy atom. The molecule has 1 saturated carbocycles. The van der Waals surface area contributed by atoms with Crippen molar-refractivity contribution in [3.63, 3.8) is 0 Å². The van der Waals surface area contributed by atoms with Crippen LogP contribution in [-0.2, 0) is 6.42 Å². The van der Waals surface area contributed by atoms with Gasteiger partial charge in [-0.05, 0) is 31.9 Å². The molecule has 1 aromatic rings. The lowest BCUT2D eigenvalue weighted by Crippen LogP contribution is -2.47. The SMILES string of the molecule is CN(CCc1ccccc1)C1CCCCCCC1N. The van der Waals surface area contributed by atoms with E-state index in [0.29, 0.717) is 12.1 Å². The predicted octanol–water partition coefficient (Wildman–Crippen LogP) is 3.21. The Kier molecular flexibility index (Phi) is 5.87. The summed E-state index contributed by atoms with van der Waals surface area (Å²) in [5, 5.41) is 0. The molecule has 106 valence electrons. The van der Waals surface area contributed by atoms with Gasteiger partial charge in [0, 0.05) is 18.6 Å². The standard InChI is InChI=1S/C17H28N2/c1-19(14-13-15-9-5-4-6-10-15)17-12-8-3-2-7-11-16(17)18/h4-6,9-10,16-17H,2-3,7-8,11-14,18H2,1H3. The molecule has 2 heteroatoms. The number of rotatable bonds is 4. The van der Waals surface area contributed by atoms with Gasteiger partial charge in [0.15, 0.2) is 0 Å². The molecule has 1 aliphatic rings. The fraction of sp³-hybridized carbons (Fsp3) is 0.647. The molecule has 2 atom stereocenters. The first-order valence-electron chi connectivity index (χ1n) is 7.77. The summed E-state index contributed by atoms with van der Waals surface area (Å²) in [5.41, 5.74) is 7.80. The van der Waals surface area contributed by atoms with Crippen LogP contribution in [0.15, 0.2) is 30.3 Å². The molecule has 0 saturated heterocycles. The molecule has 1 aliphatic carbocycles. The van der Waals surface area contributed by atoms with E-state index in [1.165, 1.54) is 44.1 Å². The van der Waals surface area contributed by atoms with Crippen LogP contribution in [0.5, 0.6) is 0 Å². The molecule has 0 amide bonds. The maximum atomic E-state index is 6.38. The van der Waals surface area contributed by atoms with E-state index in [1.807, 2.05) is 0 Å². The van der Waals surface area contributed by atoms with Crippen molar-refractivity contribution in [2.75, 3.05) is 13.6 Å². The summed E-state index contributed by atoms with van der Waals surface area (Å²) in [6.07, 6.45) is 9.00. The lowest BCUT2D eigenvalue weighted by molar-refractivity contribution is 0.183. The van der Waals surface area contributed by atoms with Crippen molar-refractivity contribution in [3.05, 3.63) is 35.9 Å². The third-order valence-electron chi connectivity index (χ3n) is 4.44. The van der Waals surface area contributed by atoms with Crippen LogP contribution in [-0.4, -0.2) is 30.6 Å². The summed E-state index contributed by atoms with van der Waals surface area (Å²) < 4.78 is 0. The Bertz CT molecular complexity index is 350. The molecule has 2 nitrogen and oxygen atoms in total. The first-order chi connectivity index (χ1) is 9.27. The zero-order valence-corrected chi connectivity index (χ0v) is 12.2. The lowest BCUT2D eigenvalue weighted by Gasteiger charge is -2.34. The Hall–Kier alpha value is -0.860. The van der Waals surface area contributed by atoms with Crippen LogP contribution in [0, 0.1) is 0 Å². The Morgan fingerprint density at radius 2 is 1.74 bits per heavy atom. The number of nitrogens with two attached hydrogens (primary N) is 1. The quantitative estimate of drug-likeness (QED) is 0.900. The Morgan fingerprint density at radius 1 is 1.05 bits per heavy atom. The first kappa shape index (κ1) is 14.5. The highest BCUT2D eigenvalue weighted by Gasteiger charge is 2.22. The highest BCUT2D eigenvalue weighted by Crippen LogP contribution is 2.20. The van der Waals surface area contributed by atoms with Crippen molar-refractivity contribution < 1.29 is 0 Å². The molecule has 0 spiro atoms. The van der Waals surface area contributed by atoms with Gasteiger partial charge in [0.1, 0.15) is 0 Å². The molecule has 1 fully saturated rings. The molecule has 2 N–H and O–H groups in total. The summed E-state index contributed by atoms with van der Waals surface area (Å²) in [7, 11) is 2.25. The summed E-state index contributed by atoms with van der Waals surface area (Å²) in [6, 6.07) is 11.7. The summed E-state index contributed by atoms with van der Waals surface area (Å²) in [5.74, 6) is 0. The Labute approximate surface area is 118 Å². The van der Waals surface area contributed by atoms with E-state index in [2.05, 4.69) is 42.3 Å². The van der Waals surface area contributed by atoms with E-state index >= 15 is 0 Å². The second kappa shape index (κ2) is 7.66. The second-order valence-electron chi connectivity index (χ2n) is 5.94. The molecule has 0 aliphatic heterocycles. The minimum Gasteiger partial charge on any atom is -0.326 e. The fourth-order valence-corrected chi connectivity index (χ4v) is 3.16. The van der Waals surface area contributed by atoms with E-state index in [9.17, 15) is 0 Å². The fourth-order valence-electron chi connectivity index (χ4n) is 3.16. The molecule has 0 aromatic heterocycles. The zero-order valence-electron chi connectivity index (χ0n) is 12.2. The number of hydrogen-bond donors (Lipinski definition) is 1. The average molecular weight is 260 g/mol. The van der Waals surface area contributed by atoms with Crippen LogP contribution in [0.1, 0.15) is 44.1 Å². The molecule has 0 heterocycles. The Balaban J connectivity index is 1.84. The minimum absolute atomic E-state index is 0.362. The normalized spacial score (nSPS) is 25.0. The molecule has 19 heavy (non-hydrogen) atoms. The number of likely N-dealkylation sites (N-methyl/N-ethyl adjacent to an activating group) is 1. The first-order valence-corrected chi connectivity index (χ1v) is 7.77. The molecule has 1 aromatic carbocycles. The van der Waals surface area contributed by atoms with E-state index in [-0.39, 0.29) is 0 Å². The van der Waals surface area contributed by atoms with Crippen molar-refractivity contribution in [1.82, 2.24) is 4.90 Å². The van der Waals surface area contributed by atoms with Crippen molar-refractivity contribution >= 4 is 0 Å². The van der Waals surface area contributed by atoms with Crippen LogP contribution in [0.3, 0.4) is 0 Å². The van der Waals surface area contributed by atoms with Gasteiger partial charge in [-0.25, -0.2) is 0 Å². The summed E-state index contributed by atoms with van der Waals surface area (Å²) >= 11 is 0. The highest BCUT2D eigenvalue weighted by molar-refractivity contribution is 5.14. The molecule has 0 bridgehead atoms. The third kappa shape index (κ3) is 4.63. The van der Waals surface area contributed by atoms with Gasteiger partial charge >= 0.3 is 0 Å². The molecule has 2 unspecified atom stereocenters. The average Bonchev–Trinajstić information content (AvgIpc) is 2.42. The number of nitrogens with zero attached hydrogens (tertiary/aromatic N) is 1. The predicted molar refractivity (Wildman–Crippen MR) is 82.2 cm³/mol. The smallest absolute Gasteiger partial charge is 0.0244 e. The van der Waals surface area contributed by atoms with Crippen LogP contribution in [0.2, 0.25) is 0 Å². The minimum atomic E-state index is 0.362. The van der Waals surface area contributed by atoms with E-state index in [4.69, 9.17) is 5.73 Å². The number of hydrogen-bond acceptors (Lipinski definition) is 2. The van der Waals surface area contributed by atoms with Crippen LogP contribution < -0.4 is 5.73 Å². The summed E-state index contributed by atoms with van der Waals surface area (Å²) in [4.78, 5) is 2.49. The van der Waals surface area contributed by atoms with Crippen LogP contribution >= 0.6 is 0 Å². The van der Waals surface area contributed by atoms with Crippen molar-refractivity contribution in [1.29, 1.82) is 0 Å². The summed E-state index contributed by atoms with van der Waals surface area (Å²) in [6.45, 7) is 1.11. The molecule has 2 rings (SSSR count). The molecule has 0 radical (unpaired) electrons. The largest absolute Gasteiger partial charge is 0.326 e. The van der Waals surface area contributed by atoms with Crippen molar-refractivity contribution in [3.8, 4) is 0 Å². The van der Waals surface area contributed by atoms with E-state index < -0.39 is 0 Å². The second-order valence-corrected chi connectivity index (χ2v) is 5.94. The monoisotopic (exact) mass is 260 g/mol. The lowest BCUT2D eigenvalue weighted by atomic mass is 9.92. The van der Waals surface area contributed by atoms with Gasteiger partial charge in [0.05, 0.1) is 0 Å². The molecular formula is C17H28N2. The van der Waals surface area contributed by atoms with Gasteiger partial charge in [-0.3, -0.25) is 0 Å².